The minimum atomic E-state index is -0.00688. The number of hydrogen-bond donors (Lipinski definition) is 2. The van der Waals surface area contributed by atoms with Crippen LogP contribution in [-0.2, 0) is 4.79 Å². The molecule has 1 aliphatic heterocycles. The van der Waals surface area contributed by atoms with Crippen LogP contribution >= 0.6 is 11.6 Å². The van der Waals surface area contributed by atoms with E-state index in [-0.39, 0.29) is 18.4 Å². The van der Waals surface area contributed by atoms with Crippen molar-refractivity contribution in [3.8, 4) is 5.88 Å². The van der Waals surface area contributed by atoms with E-state index in [1.54, 1.807) is 18.3 Å². The molecular weight excluding hydrogens is 318 g/mol. The molecule has 0 saturated carbocycles. The molecular formula is C16H24ClN3O3. The Labute approximate surface area is 141 Å². The fourth-order valence-corrected chi connectivity index (χ4v) is 2.77. The van der Waals surface area contributed by atoms with E-state index in [9.17, 15) is 4.79 Å². The van der Waals surface area contributed by atoms with Gasteiger partial charge in [0.15, 0.2) is 0 Å². The topological polar surface area (TPSA) is 74.7 Å². The molecule has 2 rings (SSSR count). The number of rotatable bonds is 8. The lowest BCUT2D eigenvalue weighted by Crippen LogP contribution is -2.41. The highest BCUT2D eigenvalue weighted by molar-refractivity contribution is 6.30. The van der Waals surface area contributed by atoms with Gasteiger partial charge >= 0.3 is 0 Å². The minimum absolute atomic E-state index is 0.00688. The molecule has 7 heteroatoms. The summed E-state index contributed by atoms with van der Waals surface area (Å²) in [5, 5.41) is 12.1. The summed E-state index contributed by atoms with van der Waals surface area (Å²) in [6.45, 7) is 3.76. The van der Waals surface area contributed by atoms with Gasteiger partial charge in [0, 0.05) is 31.3 Å². The number of aromatic nitrogens is 1. The number of pyridine rings is 1. The summed E-state index contributed by atoms with van der Waals surface area (Å²) < 4.78 is 5.57. The Kier molecular flexibility index (Phi) is 7.58. The summed E-state index contributed by atoms with van der Waals surface area (Å²) in [6.07, 6.45) is 4.24. The van der Waals surface area contributed by atoms with Crippen molar-refractivity contribution in [2.75, 3.05) is 39.4 Å². The standard InChI is InChI=1S/C16H24ClN3O3/c17-14-2-3-15(19-12-14)23-11-1-7-20-8-4-13(5-9-20)16(22)18-6-10-21/h2-3,12-13,21H,1,4-11H2,(H,18,22). The van der Waals surface area contributed by atoms with Gasteiger partial charge in [-0.05, 0) is 38.4 Å². The number of carbonyl (C=O) groups is 1. The smallest absolute Gasteiger partial charge is 0.223 e. The maximum atomic E-state index is 11.8. The fraction of sp³-hybridized carbons (Fsp3) is 0.625. The molecule has 0 aromatic carbocycles. The van der Waals surface area contributed by atoms with Gasteiger partial charge in [-0.1, -0.05) is 11.6 Å². The van der Waals surface area contributed by atoms with E-state index in [4.69, 9.17) is 21.4 Å². The summed E-state index contributed by atoms with van der Waals surface area (Å²) >= 11 is 5.77. The van der Waals surface area contributed by atoms with Crippen LogP contribution in [0.5, 0.6) is 5.88 Å². The number of likely N-dealkylation sites (tertiary alicyclic amines) is 1. The number of piperidine rings is 1. The molecule has 1 amide bonds. The Hall–Kier alpha value is -1.37. The molecule has 6 nitrogen and oxygen atoms in total. The van der Waals surface area contributed by atoms with E-state index in [0.717, 1.165) is 38.9 Å². The summed E-state index contributed by atoms with van der Waals surface area (Å²) in [5.74, 6) is 0.733. The Morgan fingerprint density at radius 2 is 2.22 bits per heavy atom. The molecule has 2 N–H and O–H groups in total. The predicted octanol–water partition coefficient (Wildman–Crippen LogP) is 1.32. The Bertz CT molecular complexity index is 476. The van der Waals surface area contributed by atoms with Crippen molar-refractivity contribution < 1.29 is 14.6 Å². The Morgan fingerprint density at radius 1 is 1.43 bits per heavy atom. The highest BCUT2D eigenvalue weighted by atomic mass is 35.5. The van der Waals surface area contributed by atoms with Crippen LogP contribution < -0.4 is 10.1 Å². The molecule has 23 heavy (non-hydrogen) atoms. The van der Waals surface area contributed by atoms with Crippen molar-refractivity contribution in [1.29, 1.82) is 0 Å². The maximum absolute atomic E-state index is 11.8. The zero-order valence-corrected chi connectivity index (χ0v) is 14.0. The van der Waals surface area contributed by atoms with Crippen molar-refractivity contribution >= 4 is 17.5 Å². The van der Waals surface area contributed by atoms with Gasteiger partial charge in [-0.25, -0.2) is 4.98 Å². The molecule has 0 spiro atoms. The highest BCUT2D eigenvalue weighted by Crippen LogP contribution is 2.17. The molecule has 0 unspecified atom stereocenters. The lowest BCUT2D eigenvalue weighted by atomic mass is 9.96. The SMILES string of the molecule is O=C(NCCO)C1CCN(CCCOc2ccc(Cl)cn2)CC1. The lowest BCUT2D eigenvalue weighted by molar-refractivity contribution is -0.126. The van der Waals surface area contributed by atoms with Crippen LogP contribution in [0.2, 0.25) is 5.02 Å². The summed E-state index contributed by atoms with van der Waals surface area (Å²) in [5.41, 5.74) is 0. The molecule has 1 aliphatic rings. The van der Waals surface area contributed by atoms with Gasteiger partial charge in [0.2, 0.25) is 11.8 Å². The second-order valence-corrected chi connectivity index (χ2v) is 6.08. The first-order valence-corrected chi connectivity index (χ1v) is 8.42. The number of hydrogen-bond acceptors (Lipinski definition) is 5. The molecule has 1 aromatic heterocycles. The molecule has 0 bridgehead atoms. The highest BCUT2D eigenvalue weighted by Gasteiger charge is 2.24. The van der Waals surface area contributed by atoms with E-state index in [1.807, 2.05) is 0 Å². The summed E-state index contributed by atoms with van der Waals surface area (Å²) in [6, 6.07) is 3.52. The molecule has 128 valence electrons. The average Bonchev–Trinajstić information content (AvgIpc) is 2.58. The van der Waals surface area contributed by atoms with Gasteiger partial charge in [-0.2, -0.15) is 0 Å². The largest absolute Gasteiger partial charge is 0.478 e. The van der Waals surface area contributed by atoms with Crippen LogP contribution in [0.15, 0.2) is 18.3 Å². The van der Waals surface area contributed by atoms with Gasteiger partial charge in [0.1, 0.15) is 0 Å². The molecule has 0 atom stereocenters. The van der Waals surface area contributed by atoms with Crippen molar-refractivity contribution in [2.24, 2.45) is 5.92 Å². The van der Waals surface area contributed by atoms with E-state index in [2.05, 4.69) is 15.2 Å². The number of nitrogens with one attached hydrogen (secondary N) is 1. The van der Waals surface area contributed by atoms with Crippen molar-refractivity contribution in [3.05, 3.63) is 23.4 Å². The number of aliphatic hydroxyl groups is 1. The average molecular weight is 342 g/mol. The lowest BCUT2D eigenvalue weighted by Gasteiger charge is -2.31. The van der Waals surface area contributed by atoms with Gasteiger partial charge < -0.3 is 20.1 Å². The number of amides is 1. The number of halogens is 1. The van der Waals surface area contributed by atoms with E-state index >= 15 is 0 Å². The van der Waals surface area contributed by atoms with Crippen LogP contribution in [0, 0.1) is 5.92 Å². The molecule has 0 aliphatic carbocycles. The Morgan fingerprint density at radius 3 is 2.87 bits per heavy atom. The van der Waals surface area contributed by atoms with E-state index in [1.165, 1.54) is 0 Å². The zero-order chi connectivity index (χ0) is 16.5. The molecule has 1 fully saturated rings. The van der Waals surface area contributed by atoms with Crippen LogP contribution in [0.3, 0.4) is 0 Å². The monoisotopic (exact) mass is 341 g/mol. The molecule has 0 radical (unpaired) electrons. The van der Waals surface area contributed by atoms with Crippen LogP contribution in [0.25, 0.3) is 0 Å². The van der Waals surface area contributed by atoms with Gasteiger partial charge in [0.25, 0.3) is 0 Å². The van der Waals surface area contributed by atoms with Gasteiger partial charge in [-0.15, -0.1) is 0 Å². The summed E-state index contributed by atoms with van der Waals surface area (Å²) in [4.78, 5) is 18.3. The number of nitrogens with zero attached hydrogens (tertiary/aromatic N) is 2. The second kappa shape index (κ2) is 9.70. The summed E-state index contributed by atoms with van der Waals surface area (Å²) in [7, 11) is 0. The maximum Gasteiger partial charge on any atom is 0.223 e. The van der Waals surface area contributed by atoms with Crippen molar-refractivity contribution in [2.45, 2.75) is 19.3 Å². The third-order valence-electron chi connectivity index (χ3n) is 3.94. The third-order valence-corrected chi connectivity index (χ3v) is 4.16. The Balaban J connectivity index is 1.57. The normalized spacial score (nSPS) is 16.3. The third kappa shape index (κ3) is 6.33. The first kappa shape index (κ1) is 18.0. The van der Waals surface area contributed by atoms with Gasteiger partial charge in [0.05, 0.1) is 18.2 Å². The van der Waals surface area contributed by atoms with Gasteiger partial charge in [-0.3, -0.25) is 4.79 Å². The number of aliphatic hydroxyl groups excluding tert-OH is 1. The second-order valence-electron chi connectivity index (χ2n) is 5.65. The molecule has 1 saturated heterocycles. The molecule has 1 aromatic rings. The van der Waals surface area contributed by atoms with Crippen LogP contribution in [-0.4, -0.2) is 60.3 Å². The van der Waals surface area contributed by atoms with E-state index < -0.39 is 0 Å². The number of ether oxygens (including phenoxy) is 1. The quantitative estimate of drug-likeness (QED) is 0.698. The first-order chi connectivity index (χ1) is 11.2. The van der Waals surface area contributed by atoms with Crippen LogP contribution in [0.1, 0.15) is 19.3 Å². The zero-order valence-electron chi connectivity index (χ0n) is 13.2. The van der Waals surface area contributed by atoms with E-state index in [0.29, 0.717) is 24.1 Å². The van der Waals surface area contributed by atoms with Crippen molar-refractivity contribution in [3.63, 3.8) is 0 Å². The fourth-order valence-electron chi connectivity index (χ4n) is 2.65. The minimum Gasteiger partial charge on any atom is -0.478 e. The van der Waals surface area contributed by atoms with Crippen LogP contribution in [0.4, 0.5) is 0 Å². The van der Waals surface area contributed by atoms with Crippen molar-refractivity contribution in [1.82, 2.24) is 15.2 Å². The first-order valence-electron chi connectivity index (χ1n) is 8.04. The molecule has 2 heterocycles. The predicted molar refractivity (Wildman–Crippen MR) is 88.6 cm³/mol. The number of carbonyl (C=O) groups excluding carboxylic acids is 1.